The number of para-hydroxylation sites is 1. The van der Waals surface area contributed by atoms with Crippen LogP contribution in [0.4, 0.5) is 5.69 Å². The van der Waals surface area contributed by atoms with E-state index in [2.05, 4.69) is 10.6 Å². The van der Waals surface area contributed by atoms with Crippen molar-refractivity contribution in [2.45, 2.75) is 6.04 Å². The Bertz CT molecular complexity index is 613. The summed E-state index contributed by atoms with van der Waals surface area (Å²) in [7, 11) is -3.10. The molecule has 0 aromatic heterocycles. The molecule has 1 aromatic rings. The Balaban J connectivity index is 1.83. The van der Waals surface area contributed by atoms with Crippen molar-refractivity contribution in [2.75, 3.05) is 17.6 Å². The van der Waals surface area contributed by atoms with Gasteiger partial charge in [-0.25, -0.2) is 8.42 Å². The van der Waals surface area contributed by atoms with Crippen LogP contribution in [-0.2, 0) is 14.6 Å². The molecule has 1 aliphatic rings. The Hall–Kier alpha value is -1.37. The molecule has 2 rings (SSSR count). The highest BCUT2D eigenvalue weighted by Crippen LogP contribution is 2.20. The van der Waals surface area contributed by atoms with Gasteiger partial charge in [-0.15, -0.1) is 0 Å². The molecule has 0 radical (unpaired) electrons. The molecule has 1 heterocycles. The van der Waals surface area contributed by atoms with E-state index in [0.29, 0.717) is 10.7 Å². The molecule has 0 bridgehead atoms. The largest absolute Gasteiger partial charge is 0.324 e. The molecule has 102 valence electrons. The Morgan fingerprint density at radius 1 is 1.37 bits per heavy atom. The van der Waals surface area contributed by atoms with Crippen molar-refractivity contribution in [1.29, 1.82) is 0 Å². The zero-order chi connectivity index (χ0) is 13.9. The molecule has 1 amide bonds. The van der Waals surface area contributed by atoms with Gasteiger partial charge in [-0.1, -0.05) is 29.8 Å². The van der Waals surface area contributed by atoms with Crippen molar-refractivity contribution in [3.63, 3.8) is 0 Å². The number of nitrogens with one attached hydrogen (secondary N) is 2. The Morgan fingerprint density at radius 2 is 2.11 bits per heavy atom. The van der Waals surface area contributed by atoms with Gasteiger partial charge in [0.05, 0.1) is 23.0 Å². The van der Waals surface area contributed by atoms with Crippen LogP contribution in [0.15, 0.2) is 35.7 Å². The van der Waals surface area contributed by atoms with E-state index in [1.54, 1.807) is 24.3 Å². The number of hydrogen-bond acceptors (Lipinski definition) is 4. The molecule has 0 saturated heterocycles. The molecule has 7 heteroatoms. The highest BCUT2D eigenvalue weighted by molar-refractivity contribution is 7.94. The molecule has 1 aliphatic heterocycles. The molecule has 5 nitrogen and oxygen atoms in total. The second-order valence-corrected chi connectivity index (χ2v) is 6.51. The lowest BCUT2D eigenvalue weighted by Gasteiger charge is -2.10. The summed E-state index contributed by atoms with van der Waals surface area (Å²) >= 11 is 5.91. The van der Waals surface area contributed by atoms with Crippen LogP contribution >= 0.6 is 11.6 Å². The van der Waals surface area contributed by atoms with Crippen LogP contribution in [0.5, 0.6) is 0 Å². The van der Waals surface area contributed by atoms with Gasteiger partial charge in [0.15, 0.2) is 9.84 Å². The van der Waals surface area contributed by atoms with Crippen LogP contribution < -0.4 is 10.6 Å². The third-order valence-corrected chi connectivity index (χ3v) is 4.33. The lowest BCUT2D eigenvalue weighted by atomic mass is 10.3. The third kappa shape index (κ3) is 4.05. The minimum Gasteiger partial charge on any atom is -0.324 e. The summed E-state index contributed by atoms with van der Waals surface area (Å²) in [5, 5.41) is 7.12. The molecule has 1 atom stereocenters. The van der Waals surface area contributed by atoms with E-state index >= 15 is 0 Å². The second kappa shape index (κ2) is 5.73. The first kappa shape index (κ1) is 14.0. The van der Waals surface area contributed by atoms with Crippen LogP contribution in [0.2, 0.25) is 5.02 Å². The van der Waals surface area contributed by atoms with Gasteiger partial charge in [0, 0.05) is 11.4 Å². The number of carbonyl (C=O) groups excluding carboxylic acids is 1. The smallest absolute Gasteiger partial charge is 0.238 e. The number of anilines is 1. The lowest BCUT2D eigenvalue weighted by Crippen LogP contribution is -2.36. The Kier molecular flexibility index (Phi) is 4.24. The molecule has 2 N–H and O–H groups in total. The first-order chi connectivity index (χ1) is 8.96. The number of benzene rings is 1. The lowest BCUT2D eigenvalue weighted by molar-refractivity contribution is -0.115. The minimum atomic E-state index is -3.10. The first-order valence-corrected chi connectivity index (χ1v) is 7.74. The standard InChI is InChI=1S/C12H13ClN2O3S/c13-10-3-1-2-4-11(10)15-12(16)7-14-9-5-6-19(17,18)8-9/h1-6,9,14H,7-8H2,(H,15,16). The SMILES string of the molecule is O=C(CNC1C=CS(=O)(=O)C1)Nc1ccccc1Cl. The number of amides is 1. The van der Waals surface area contributed by atoms with Gasteiger partial charge in [-0.2, -0.15) is 0 Å². The van der Waals surface area contributed by atoms with Crippen molar-refractivity contribution < 1.29 is 13.2 Å². The van der Waals surface area contributed by atoms with Gasteiger partial charge in [0.25, 0.3) is 0 Å². The summed E-state index contributed by atoms with van der Waals surface area (Å²) in [5.74, 6) is -0.280. The maximum atomic E-state index is 11.7. The maximum Gasteiger partial charge on any atom is 0.238 e. The molecule has 19 heavy (non-hydrogen) atoms. The normalized spacial score (nSPS) is 20.4. The van der Waals surface area contributed by atoms with E-state index in [1.807, 2.05) is 0 Å². The molecule has 0 saturated carbocycles. The molecule has 0 aliphatic carbocycles. The fourth-order valence-electron chi connectivity index (χ4n) is 1.68. The minimum absolute atomic E-state index is 0.00757. The van der Waals surface area contributed by atoms with E-state index in [4.69, 9.17) is 11.6 Å². The van der Waals surface area contributed by atoms with Crippen molar-refractivity contribution in [3.8, 4) is 0 Å². The second-order valence-electron chi connectivity index (χ2n) is 4.17. The van der Waals surface area contributed by atoms with Crippen LogP contribution in [0.3, 0.4) is 0 Å². The molecule has 1 aromatic carbocycles. The van der Waals surface area contributed by atoms with Crippen LogP contribution in [0, 0.1) is 0 Å². The summed E-state index contributed by atoms with van der Waals surface area (Å²) in [4.78, 5) is 11.7. The van der Waals surface area contributed by atoms with Crippen molar-refractivity contribution in [2.24, 2.45) is 0 Å². The summed E-state index contributed by atoms with van der Waals surface area (Å²) in [6.45, 7) is 0.0236. The van der Waals surface area contributed by atoms with Crippen LogP contribution in [-0.4, -0.2) is 32.7 Å². The van der Waals surface area contributed by atoms with E-state index in [9.17, 15) is 13.2 Å². The first-order valence-electron chi connectivity index (χ1n) is 5.65. The highest BCUT2D eigenvalue weighted by atomic mass is 35.5. The molecular formula is C12H13ClN2O3S. The number of carbonyl (C=O) groups is 1. The van der Waals surface area contributed by atoms with Gasteiger partial charge in [-0.05, 0) is 12.1 Å². The number of sulfone groups is 1. The van der Waals surface area contributed by atoms with Crippen molar-refractivity contribution in [1.82, 2.24) is 5.32 Å². The van der Waals surface area contributed by atoms with Crippen LogP contribution in [0.1, 0.15) is 0 Å². The van der Waals surface area contributed by atoms with E-state index < -0.39 is 9.84 Å². The van der Waals surface area contributed by atoms with Gasteiger partial charge < -0.3 is 10.6 Å². The van der Waals surface area contributed by atoms with Crippen molar-refractivity contribution >= 4 is 33.0 Å². The van der Waals surface area contributed by atoms with Gasteiger partial charge in [0.2, 0.25) is 5.91 Å². The highest BCUT2D eigenvalue weighted by Gasteiger charge is 2.21. The maximum absolute atomic E-state index is 11.7. The number of rotatable bonds is 4. The fourth-order valence-corrected chi connectivity index (χ4v) is 3.14. The average molecular weight is 301 g/mol. The molecule has 0 fully saturated rings. The quantitative estimate of drug-likeness (QED) is 0.875. The van der Waals surface area contributed by atoms with E-state index in [0.717, 1.165) is 5.41 Å². The summed E-state index contributed by atoms with van der Waals surface area (Å²) in [6, 6.07) is 6.59. The topological polar surface area (TPSA) is 75.3 Å². The molecule has 0 spiro atoms. The Labute approximate surface area is 116 Å². The van der Waals surface area contributed by atoms with Crippen LogP contribution in [0.25, 0.3) is 0 Å². The number of halogens is 1. The number of hydrogen-bond donors (Lipinski definition) is 2. The van der Waals surface area contributed by atoms with E-state index in [1.165, 1.54) is 6.08 Å². The summed E-state index contributed by atoms with van der Waals surface area (Å²) < 4.78 is 22.4. The van der Waals surface area contributed by atoms with E-state index in [-0.39, 0.29) is 24.2 Å². The average Bonchev–Trinajstić information content (AvgIpc) is 2.69. The predicted octanol–water partition coefficient (Wildman–Crippen LogP) is 1.18. The fraction of sp³-hybridized carbons (Fsp3) is 0.250. The summed E-state index contributed by atoms with van der Waals surface area (Å²) in [5.41, 5.74) is 0.533. The van der Waals surface area contributed by atoms with Gasteiger partial charge in [0.1, 0.15) is 0 Å². The monoisotopic (exact) mass is 300 g/mol. The molecular weight excluding hydrogens is 288 g/mol. The molecule has 1 unspecified atom stereocenters. The van der Waals surface area contributed by atoms with Crippen molar-refractivity contribution in [3.05, 3.63) is 40.8 Å². The zero-order valence-electron chi connectivity index (χ0n) is 9.97. The van der Waals surface area contributed by atoms with Gasteiger partial charge >= 0.3 is 0 Å². The Morgan fingerprint density at radius 3 is 2.74 bits per heavy atom. The third-order valence-electron chi connectivity index (χ3n) is 2.60. The summed E-state index contributed by atoms with van der Waals surface area (Å²) in [6.07, 6.45) is 1.54. The predicted molar refractivity (Wildman–Crippen MR) is 74.8 cm³/mol. The zero-order valence-corrected chi connectivity index (χ0v) is 11.5. The van der Waals surface area contributed by atoms with Gasteiger partial charge in [-0.3, -0.25) is 4.79 Å².